The summed E-state index contributed by atoms with van der Waals surface area (Å²) in [6.45, 7) is 25.3. The van der Waals surface area contributed by atoms with E-state index in [9.17, 15) is 0 Å². The third-order valence-corrected chi connectivity index (χ3v) is 4.67. The molecular weight excluding hydrogens is 374 g/mol. The number of ether oxygens (including phenoxy) is 2. The third-order valence-electron chi connectivity index (χ3n) is 4.67. The number of aromatic nitrogens is 1. The molecule has 0 amide bonds. The lowest BCUT2D eigenvalue weighted by Gasteiger charge is -2.40. The summed E-state index contributed by atoms with van der Waals surface area (Å²) in [5, 5.41) is 0. The molecule has 0 bridgehead atoms. The first-order valence-corrected chi connectivity index (χ1v) is 11.9. The minimum absolute atomic E-state index is 0.321. The van der Waals surface area contributed by atoms with E-state index >= 15 is 0 Å². The van der Waals surface area contributed by atoms with Gasteiger partial charge in [0.15, 0.2) is 0 Å². The fourth-order valence-corrected chi connectivity index (χ4v) is 3.80. The lowest BCUT2D eigenvalue weighted by Crippen LogP contribution is -2.49. The Morgan fingerprint density at radius 3 is 1.97 bits per heavy atom. The largest absolute Gasteiger partial charge is 0.481 e. The van der Waals surface area contributed by atoms with Gasteiger partial charge in [0.2, 0.25) is 5.88 Å². The van der Waals surface area contributed by atoms with Gasteiger partial charge in [0, 0.05) is 52.5 Å². The van der Waals surface area contributed by atoms with Crippen molar-refractivity contribution in [1.82, 2.24) is 9.88 Å². The molecule has 0 radical (unpaired) electrons. The van der Waals surface area contributed by atoms with E-state index in [1.165, 1.54) is 12.1 Å². The average Bonchev–Trinajstić information content (AvgIpc) is 2.78. The van der Waals surface area contributed by atoms with Crippen molar-refractivity contribution in [2.75, 3.05) is 58.5 Å². The van der Waals surface area contributed by atoms with Crippen molar-refractivity contribution in [1.29, 1.82) is 0 Å². The van der Waals surface area contributed by atoms with E-state index in [4.69, 9.17) is 9.47 Å². The molecule has 5 nitrogen and oxygen atoms in total. The van der Waals surface area contributed by atoms with Crippen LogP contribution in [0.1, 0.15) is 68.7 Å². The number of hydrogen-bond donors (Lipinski definition) is 0. The first kappa shape index (κ1) is 30.9. The quantitative estimate of drug-likeness (QED) is 0.511. The Morgan fingerprint density at radius 2 is 1.53 bits per heavy atom. The molecule has 1 aromatic rings. The normalized spacial score (nSPS) is 14.8. The van der Waals surface area contributed by atoms with Crippen molar-refractivity contribution >= 4 is 5.69 Å². The van der Waals surface area contributed by atoms with Crippen molar-refractivity contribution in [3.8, 4) is 5.88 Å². The van der Waals surface area contributed by atoms with E-state index in [0.29, 0.717) is 17.2 Å². The molecule has 1 atom stereocenters. The third kappa shape index (κ3) is 12.4. The van der Waals surface area contributed by atoms with Crippen LogP contribution in [0.4, 0.5) is 5.69 Å². The van der Waals surface area contributed by atoms with E-state index in [0.717, 1.165) is 39.3 Å². The van der Waals surface area contributed by atoms with Crippen LogP contribution >= 0.6 is 0 Å². The highest BCUT2D eigenvalue weighted by molar-refractivity contribution is 5.45. The van der Waals surface area contributed by atoms with Crippen LogP contribution in [0, 0.1) is 11.3 Å². The summed E-state index contributed by atoms with van der Waals surface area (Å²) in [6.07, 6.45) is 3.11. The molecule has 0 N–H and O–H groups in total. The summed E-state index contributed by atoms with van der Waals surface area (Å²) >= 11 is 0. The van der Waals surface area contributed by atoms with Gasteiger partial charge in [-0.3, -0.25) is 4.90 Å². The van der Waals surface area contributed by atoms with Gasteiger partial charge in [-0.15, -0.1) is 0 Å². The minimum Gasteiger partial charge on any atom is -0.481 e. The van der Waals surface area contributed by atoms with Gasteiger partial charge < -0.3 is 14.4 Å². The zero-order valence-corrected chi connectivity index (χ0v) is 21.9. The highest BCUT2D eigenvalue weighted by Crippen LogP contribution is 2.28. The highest BCUT2D eigenvalue weighted by atomic mass is 16.5. The maximum Gasteiger partial charge on any atom is 0.213 e. The van der Waals surface area contributed by atoms with Crippen LogP contribution in [0.5, 0.6) is 5.88 Å². The van der Waals surface area contributed by atoms with Crippen molar-refractivity contribution < 1.29 is 9.47 Å². The number of nitrogens with zero attached hydrogens (tertiary/aromatic N) is 3. The minimum atomic E-state index is 0.321. The first-order valence-electron chi connectivity index (χ1n) is 11.9. The summed E-state index contributed by atoms with van der Waals surface area (Å²) in [5.74, 6) is 1.28. The maximum absolute atomic E-state index is 5.28. The number of anilines is 1. The average molecular weight is 426 g/mol. The Balaban J connectivity index is 0. The molecule has 0 aliphatic carbocycles. The lowest BCUT2D eigenvalue weighted by atomic mass is 9.83. The molecule has 1 aliphatic rings. The number of methoxy groups -OCH3 is 2. The van der Waals surface area contributed by atoms with E-state index < -0.39 is 0 Å². The van der Waals surface area contributed by atoms with Gasteiger partial charge in [-0.1, -0.05) is 62.3 Å². The number of pyridine rings is 1. The summed E-state index contributed by atoms with van der Waals surface area (Å²) in [6, 6.07) is 4.03. The molecule has 5 heteroatoms. The van der Waals surface area contributed by atoms with Crippen LogP contribution in [-0.2, 0) is 4.74 Å². The number of piperazine rings is 1. The van der Waals surface area contributed by atoms with Crippen LogP contribution in [0.3, 0.4) is 0 Å². The molecule has 178 valence electrons. The predicted octanol–water partition coefficient (Wildman–Crippen LogP) is 5.99. The Morgan fingerprint density at radius 1 is 0.967 bits per heavy atom. The monoisotopic (exact) mass is 425 g/mol. The van der Waals surface area contributed by atoms with E-state index in [1.807, 2.05) is 53.8 Å². The first-order chi connectivity index (χ1) is 14.4. The molecule has 2 rings (SSSR count). The van der Waals surface area contributed by atoms with Gasteiger partial charge in [-0.25, -0.2) is 4.98 Å². The second-order valence-corrected chi connectivity index (χ2v) is 7.75. The predicted molar refractivity (Wildman–Crippen MR) is 133 cm³/mol. The highest BCUT2D eigenvalue weighted by Gasteiger charge is 2.26. The van der Waals surface area contributed by atoms with Crippen molar-refractivity contribution in [3.63, 3.8) is 0 Å². The van der Waals surface area contributed by atoms with Crippen molar-refractivity contribution in [3.05, 3.63) is 18.3 Å². The standard InChI is InChI=1S/C19H33N3O2.3C2H6/c1-16(14-23-4)12-19(2,3)15-21-8-10-22(11-9-21)17-6-7-18(24-5)20-13-17;3*1-2/h6-7,13,16H,8-12,14-15H2,1-5H3;3*1-2H3. The van der Waals surface area contributed by atoms with E-state index in [1.54, 1.807) is 14.2 Å². The molecule has 1 unspecified atom stereocenters. The lowest BCUT2D eigenvalue weighted by molar-refractivity contribution is 0.104. The SMILES string of the molecule is CC.CC.CC.COCC(C)CC(C)(C)CN1CCN(c2ccc(OC)nc2)CC1. The van der Waals surface area contributed by atoms with Crippen molar-refractivity contribution in [2.24, 2.45) is 11.3 Å². The Labute approximate surface area is 188 Å². The molecule has 1 fully saturated rings. The Kier molecular flexibility index (Phi) is 19.0. The van der Waals surface area contributed by atoms with Crippen LogP contribution in [0.15, 0.2) is 18.3 Å². The van der Waals surface area contributed by atoms with Gasteiger partial charge >= 0.3 is 0 Å². The van der Waals surface area contributed by atoms with Gasteiger partial charge in [0.25, 0.3) is 0 Å². The van der Waals surface area contributed by atoms with Crippen LogP contribution < -0.4 is 9.64 Å². The molecule has 0 saturated carbocycles. The van der Waals surface area contributed by atoms with Crippen LogP contribution in [0.25, 0.3) is 0 Å². The molecule has 1 aromatic heterocycles. The maximum atomic E-state index is 5.28. The van der Waals surface area contributed by atoms with E-state index in [2.05, 4.69) is 41.6 Å². The number of rotatable bonds is 8. The van der Waals surface area contributed by atoms with Crippen LogP contribution in [0.2, 0.25) is 0 Å². The zero-order valence-electron chi connectivity index (χ0n) is 21.9. The molecule has 30 heavy (non-hydrogen) atoms. The molecule has 1 saturated heterocycles. The van der Waals surface area contributed by atoms with Gasteiger partial charge in [0.05, 0.1) is 19.0 Å². The summed E-state index contributed by atoms with van der Waals surface area (Å²) in [7, 11) is 3.44. The smallest absolute Gasteiger partial charge is 0.213 e. The molecule has 1 aliphatic heterocycles. The topological polar surface area (TPSA) is 37.8 Å². The second-order valence-electron chi connectivity index (χ2n) is 7.75. The van der Waals surface area contributed by atoms with Gasteiger partial charge in [-0.2, -0.15) is 0 Å². The number of hydrogen-bond acceptors (Lipinski definition) is 5. The summed E-state index contributed by atoms with van der Waals surface area (Å²) < 4.78 is 10.4. The fourth-order valence-electron chi connectivity index (χ4n) is 3.80. The van der Waals surface area contributed by atoms with Crippen LogP contribution in [-0.4, -0.2) is 63.4 Å². The zero-order chi connectivity index (χ0) is 23.6. The molecular formula is C25H51N3O2. The fraction of sp³-hybridized carbons (Fsp3) is 0.800. The molecule has 0 spiro atoms. The Hall–Kier alpha value is -1.33. The van der Waals surface area contributed by atoms with Gasteiger partial charge in [0.1, 0.15) is 0 Å². The summed E-state index contributed by atoms with van der Waals surface area (Å²) in [4.78, 5) is 9.31. The Bertz CT molecular complexity index is 484. The van der Waals surface area contributed by atoms with Gasteiger partial charge in [-0.05, 0) is 23.8 Å². The van der Waals surface area contributed by atoms with E-state index in [-0.39, 0.29) is 0 Å². The second kappa shape index (κ2) is 18.4. The molecule has 0 aromatic carbocycles. The van der Waals surface area contributed by atoms with Crippen molar-refractivity contribution in [2.45, 2.75) is 68.7 Å². The molecule has 2 heterocycles. The summed E-state index contributed by atoms with van der Waals surface area (Å²) in [5.41, 5.74) is 1.50.